The third kappa shape index (κ3) is 4.71. The summed E-state index contributed by atoms with van der Waals surface area (Å²) in [4.78, 5) is 19.0. The summed E-state index contributed by atoms with van der Waals surface area (Å²) in [5.41, 5.74) is 4.77. The summed E-state index contributed by atoms with van der Waals surface area (Å²) < 4.78 is 7.10. The highest BCUT2D eigenvalue weighted by Crippen LogP contribution is 2.31. The molecule has 1 saturated heterocycles. The molecule has 4 aromatic rings. The molecule has 0 amide bonds. The van der Waals surface area contributed by atoms with Gasteiger partial charge in [0.05, 0.1) is 19.2 Å². The van der Waals surface area contributed by atoms with Crippen LogP contribution in [0.25, 0.3) is 10.9 Å². The van der Waals surface area contributed by atoms with Crippen molar-refractivity contribution in [2.45, 2.75) is 46.2 Å². The Morgan fingerprint density at radius 2 is 1.97 bits per heavy atom. The molecule has 8 heteroatoms. The van der Waals surface area contributed by atoms with Crippen LogP contribution in [0.2, 0.25) is 0 Å². The van der Waals surface area contributed by atoms with E-state index in [0.717, 1.165) is 47.3 Å². The van der Waals surface area contributed by atoms with Gasteiger partial charge in [-0.2, -0.15) is 0 Å². The van der Waals surface area contributed by atoms with Crippen LogP contribution in [0.15, 0.2) is 47.3 Å². The number of likely N-dealkylation sites (tertiary alicyclic amines) is 1. The molecule has 1 aliphatic rings. The Morgan fingerprint density at radius 1 is 1.17 bits per heavy atom. The largest absolute Gasteiger partial charge is 0.497 e. The van der Waals surface area contributed by atoms with Crippen LogP contribution in [-0.4, -0.2) is 50.3 Å². The molecule has 35 heavy (non-hydrogen) atoms. The Kier molecular flexibility index (Phi) is 6.38. The molecule has 2 aromatic heterocycles. The molecule has 2 unspecified atom stereocenters. The van der Waals surface area contributed by atoms with E-state index in [1.165, 1.54) is 12.0 Å². The molecule has 8 nitrogen and oxygen atoms in total. The second-order valence-electron chi connectivity index (χ2n) is 9.79. The number of benzene rings is 2. The van der Waals surface area contributed by atoms with Crippen molar-refractivity contribution >= 4 is 10.9 Å². The van der Waals surface area contributed by atoms with Gasteiger partial charge in [-0.05, 0) is 90.4 Å². The lowest BCUT2D eigenvalue weighted by Gasteiger charge is -2.36. The van der Waals surface area contributed by atoms with Gasteiger partial charge in [-0.25, -0.2) is 4.68 Å². The number of methoxy groups -OCH3 is 1. The number of rotatable bonds is 6. The van der Waals surface area contributed by atoms with Crippen molar-refractivity contribution in [2.75, 3.05) is 20.2 Å². The fourth-order valence-electron chi connectivity index (χ4n) is 5.29. The molecule has 0 aliphatic carbocycles. The number of ether oxygens (including phenoxy) is 1. The Labute approximate surface area is 204 Å². The monoisotopic (exact) mass is 472 g/mol. The zero-order valence-electron chi connectivity index (χ0n) is 20.8. The summed E-state index contributed by atoms with van der Waals surface area (Å²) in [6.07, 6.45) is 2.27. The second kappa shape index (κ2) is 9.62. The lowest BCUT2D eigenvalue weighted by Crippen LogP contribution is -2.41. The molecule has 182 valence electrons. The summed E-state index contributed by atoms with van der Waals surface area (Å²) >= 11 is 0. The maximum Gasteiger partial charge on any atom is 0.253 e. The fourth-order valence-corrected chi connectivity index (χ4v) is 5.29. The molecule has 0 spiro atoms. The quantitative estimate of drug-likeness (QED) is 0.456. The lowest BCUT2D eigenvalue weighted by atomic mass is 9.95. The summed E-state index contributed by atoms with van der Waals surface area (Å²) in [5, 5.41) is 13.8. The van der Waals surface area contributed by atoms with Gasteiger partial charge < -0.3 is 9.72 Å². The first-order chi connectivity index (χ1) is 16.9. The number of aryl methyl sites for hydroxylation is 2. The van der Waals surface area contributed by atoms with E-state index in [9.17, 15) is 4.79 Å². The van der Waals surface area contributed by atoms with Crippen LogP contribution in [0.3, 0.4) is 0 Å². The van der Waals surface area contributed by atoms with Crippen LogP contribution in [0.4, 0.5) is 0 Å². The summed E-state index contributed by atoms with van der Waals surface area (Å²) in [6, 6.07) is 13.8. The van der Waals surface area contributed by atoms with E-state index in [0.29, 0.717) is 23.9 Å². The van der Waals surface area contributed by atoms with E-state index in [4.69, 9.17) is 4.74 Å². The average Bonchev–Trinajstić information content (AvgIpc) is 3.28. The van der Waals surface area contributed by atoms with Gasteiger partial charge in [0.25, 0.3) is 5.56 Å². The van der Waals surface area contributed by atoms with Crippen molar-refractivity contribution in [1.82, 2.24) is 30.1 Å². The molecule has 0 saturated carbocycles. The molecule has 2 atom stereocenters. The van der Waals surface area contributed by atoms with Gasteiger partial charge in [0.15, 0.2) is 5.82 Å². The van der Waals surface area contributed by atoms with Crippen molar-refractivity contribution in [3.8, 4) is 5.75 Å². The highest BCUT2D eigenvalue weighted by molar-refractivity contribution is 5.83. The van der Waals surface area contributed by atoms with Crippen molar-refractivity contribution < 1.29 is 4.74 Å². The number of aromatic amines is 1. The molecule has 3 heterocycles. The number of hydrogen-bond donors (Lipinski definition) is 1. The number of aromatic nitrogens is 5. The molecule has 2 aromatic carbocycles. The number of tetrazole rings is 1. The highest BCUT2D eigenvalue weighted by Gasteiger charge is 2.33. The summed E-state index contributed by atoms with van der Waals surface area (Å²) in [7, 11) is 1.66. The first-order valence-corrected chi connectivity index (χ1v) is 12.2. The van der Waals surface area contributed by atoms with Gasteiger partial charge in [-0.1, -0.05) is 30.7 Å². The van der Waals surface area contributed by atoms with Gasteiger partial charge >= 0.3 is 0 Å². The highest BCUT2D eigenvalue weighted by atomic mass is 16.5. The second-order valence-corrected chi connectivity index (χ2v) is 9.79. The minimum absolute atomic E-state index is 0.0910. The number of nitrogens with one attached hydrogen (secondary N) is 1. The Bertz CT molecular complexity index is 1390. The van der Waals surface area contributed by atoms with Crippen molar-refractivity contribution in [3.63, 3.8) is 0 Å². The lowest BCUT2D eigenvalue weighted by molar-refractivity contribution is 0.141. The SMILES string of the molecule is COc1ccc(Cn2nnnc2C(c2cc3cc(C)cc(C)c3[nH]c2=O)N2CCCC(C)C2)cc1. The predicted octanol–water partition coefficient (Wildman–Crippen LogP) is 4.01. The number of pyridine rings is 1. The summed E-state index contributed by atoms with van der Waals surface area (Å²) in [5.74, 6) is 2.03. The molecular weight excluding hydrogens is 440 g/mol. The van der Waals surface area contributed by atoms with E-state index in [2.05, 4.69) is 51.4 Å². The Morgan fingerprint density at radius 3 is 2.71 bits per heavy atom. The minimum atomic E-state index is -0.333. The molecule has 1 fully saturated rings. The van der Waals surface area contributed by atoms with Crippen LogP contribution < -0.4 is 10.3 Å². The molecular formula is C27H32N6O2. The van der Waals surface area contributed by atoms with E-state index in [-0.39, 0.29) is 11.6 Å². The van der Waals surface area contributed by atoms with Crippen molar-refractivity contribution in [3.05, 3.63) is 80.9 Å². The number of fused-ring (bicyclic) bond motifs is 1. The van der Waals surface area contributed by atoms with Crippen LogP contribution in [0.1, 0.15) is 53.9 Å². The zero-order chi connectivity index (χ0) is 24.5. The third-order valence-electron chi connectivity index (χ3n) is 6.97. The molecule has 5 rings (SSSR count). The van der Waals surface area contributed by atoms with Crippen molar-refractivity contribution in [1.29, 1.82) is 0 Å². The Balaban J connectivity index is 1.61. The first kappa shape index (κ1) is 23.2. The van der Waals surface area contributed by atoms with Gasteiger partial charge in [-0.3, -0.25) is 9.69 Å². The van der Waals surface area contributed by atoms with Gasteiger partial charge in [0, 0.05) is 12.1 Å². The van der Waals surface area contributed by atoms with E-state index < -0.39 is 0 Å². The fraction of sp³-hybridized carbons (Fsp3) is 0.407. The number of hydrogen-bond acceptors (Lipinski definition) is 6. The summed E-state index contributed by atoms with van der Waals surface area (Å²) in [6.45, 7) is 8.68. The minimum Gasteiger partial charge on any atom is -0.497 e. The van der Waals surface area contributed by atoms with Crippen LogP contribution in [-0.2, 0) is 6.54 Å². The molecule has 0 radical (unpaired) electrons. The van der Waals surface area contributed by atoms with Gasteiger partial charge in [-0.15, -0.1) is 5.10 Å². The normalized spacial score (nSPS) is 17.5. The third-order valence-corrected chi connectivity index (χ3v) is 6.97. The Hall–Kier alpha value is -3.52. The van der Waals surface area contributed by atoms with E-state index in [1.807, 2.05) is 41.9 Å². The van der Waals surface area contributed by atoms with Crippen LogP contribution in [0.5, 0.6) is 5.75 Å². The van der Waals surface area contributed by atoms with Crippen LogP contribution >= 0.6 is 0 Å². The maximum absolute atomic E-state index is 13.5. The van der Waals surface area contributed by atoms with Gasteiger partial charge in [0.1, 0.15) is 11.8 Å². The van der Waals surface area contributed by atoms with E-state index >= 15 is 0 Å². The van der Waals surface area contributed by atoms with Crippen LogP contribution in [0, 0.1) is 19.8 Å². The molecule has 0 bridgehead atoms. The first-order valence-electron chi connectivity index (χ1n) is 12.2. The molecule has 1 N–H and O–H groups in total. The van der Waals surface area contributed by atoms with Crippen molar-refractivity contribution in [2.24, 2.45) is 5.92 Å². The zero-order valence-corrected chi connectivity index (χ0v) is 20.8. The number of H-pyrrole nitrogens is 1. The predicted molar refractivity (Wildman–Crippen MR) is 136 cm³/mol. The van der Waals surface area contributed by atoms with E-state index in [1.54, 1.807) is 7.11 Å². The maximum atomic E-state index is 13.5. The molecule has 1 aliphatic heterocycles. The topological polar surface area (TPSA) is 88.9 Å². The number of nitrogens with zero attached hydrogens (tertiary/aromatic N) is 5. The standard InChI is InChI=1S/C27H32N6O2/c1-17-6-5-11-32(15-17)25(23-14-21-13-18(2)12-19(3)24(21)28-27(23)34)26-29-30-31-33(26)16-20-7-9-22(35-4)10-8-20/h7-10,12-14,17,25H,5-6,11,15-16H2,1-4H3,(H,28,34). The number of piperidine rings is 1. The van der Waals surface area contributed by atoms with Gasteiger partial charge in [0.2, 0.25) is 0 Å². The average molecular weight is 473 g/mol. The smallest absolute Gasteiger partial charge is 0.253 e.